The molecule has 0 aromatic carbocycles. The number of hydrogen-bond donors (Lipinski definition) is 1. The minimum Gasteiger partial charge on any atom is -0.211 e. The zero-order valence-electron chi connectivity index (χ0n) is 2.03. The van der Waals surface area contributed by atoms with E-state index in [4.69, 9.17) is 16.1 Å². The fourth-order valence-electron chi connectivity index (χ4n) is 0. The maximum atomic E-state index is 8.23. The molecule has 5 heteroatoms. The molecule has 0 aromatic heterocycles. The van der Waals surface area contributed by atoms with Gasteiger partial charge >= 0.3 is 4.25 Å². The van der Waals surface area contributed by atoms with Crippen LogP contribution in [0.4, 0.5) is 0 Å². The Morgan fingerprint density at radius 2 is 1.60 bits per heavy atom. The molecule has 0 saturated heterocycles. The predicted octanol–water partition coefficient (Wildman–Crippen LogP) is 2.68. The molecule has 0 fully saturated rings. The van der Waals surface area contributed by atoms with Crippen LogP contribution in [0.3, 0.4) is 0 Å². The first kappa shape index (κ1) is 6.64. The van der Waals surface area contributed by atoms with Crippen molar-refractivity contribution in [2.24, 2.45) is 0 Å². The highest BCUT2D eigenvalue weighted by Gasteiger charge is 2.24. The quantitative estimate of drug-likeness (QED) is 0.648. The van der Waals surface area contributed by atoms with Crippen LogP contribution in [0.25, 0.3) is 0 Å². The van der Waals surface area contributed by atoms with E-state index >= 15 is 0 Å². The molecule has 0 amide bonds. The van der Waals surface area contributed by atoms with Gasteiger partial charge in [-0.15, -0.1) is 0 Å². The Morgan fingerprint density at radius 3 is 1.60 bits per heavy atom. The molecular weight excluding hydrogens is 242 g/mol. The van der Waals surface area contributed by atoms with Crippen LogP contribution in [0.15, 0.2) is 0 Å². The van der Waals surface area contributed by atoms with Crippen molar-refractivity contribution in [2.75, 3.05) is 0 Å². The summed E-state index contributed by atoms with van der Waals surface area (Å²) in [6.07, 6.45) is 0. The molecule has 0 atom stereocenters. The van der Waals surface area contributed by atoms with Gasteiger partial charge in [-0.25, -0.2) is 4.89 Å². The van der Waals surface area contributed by atoms with Gasteiger partial charge in [0, 0.05) is 0 Å². The smallest absolute Gasteiger partial charge is 0.211 e. The molecule has 1 N–H and O–H groups in total. The van der Waals surface area contributed by atoms with Gasteiger partial charge in [0.05, 0.1) is 0 Å². The van der Waals surface area contributed by atoms with Crippen molar-refractivity contribution in [3.05, 3.63) is 0 Å². The third-order valence-corrected chi connectivity index (χ3v) is 0. The first-order valence-electron chi connectivity index (χ1n) is 0.707. The van der Waals surface area contributed by atoms with Gasteiger partial charge in [-0.1, -0.05) is 0 Å². The normalized spacial score (nSPS) is 12.0. The summed E-state index contributed by atoms with van der Waals surface area (Å²) in [5, 5.41) is 0. The maximum absolute atomic E-state index is 8.23. The number of rotatable bonds is 0. The van der Waals surface area contributed by atoms with E-state index in [-0.39, 0.29) is 0 Å². The lowest BCUT2D eigenvalue weighted by atomic mass is 15.9. The van der Waals surface area contributed by atoms with Gasteiger partial charge in [-0.05, 0) is 0 Å². The average molecular weight is 243 g/mol. The molecule has 0 spiro atoms. The van der Waals surface area contributed by atoms with E-state index in [9.17, 15) is 0 Å². The van der Waals surface area contributed by atoms with Gasteiger partial charge in [0.1, 0.15) is 11.2 Å². The summed E-state index contributed by atoms with van der Waals surface area (Å²) < 4.78 is -2.29. The lowest BCUT2D eigenvalue weighted by Gasteiger charge is -1.78. The van der Waals surface area contributed by atoms with Crippen molar-refractivity contribution in [1.29, 1.82) is 0 Å². The largest absolute Gasteiger partial charge is 0.373 e. The predicted molar refractivity (Wildman–Crippen MR) is 32.8 cm³/mol. The second-order valence-electron chi connectivity index (χ2n) is 0.418. The van der Waals surface area contributed by atoms with E-state index in [0.29, 0.717) is 0 Å². The molecule has 0 heterocycles. The fraction of sp³-hybridized carbons (Fsp3) is 0. The highest BCUT2D eigenvalue weighted by atomic mass is 79.9. The monoisotopic (exact) mass is 241 g/mol. The zero-order chi connectivity index (χ0) is 4.50. The molecule has 1 nitrogen and oxygen atoms in total. The third-order valence-electron chi connectivity index (χ3n) is 0. The van der Waals surface area contributed by atoms with Gasteiger partial charge in [-0.2, -0.15) is 0 Å². The van der Waals surface area contributed by atoms with E-state index in [1.807, 2.05) is 0 Å². The highest BCUT2D eigenvalue weighted by molar-refractivity contribution is 9.74. The van der Waals surface area contributed by atoms with Gasteiger partial charge < -0.3 is 0 Å². The third kappa shape index (κ3) is 27.8. The van der Waals surface area contributed by atoms with Crippen molar-refractivity contribution in [3.8, 4) is 0 Å². The zero-order valence-corrected chi connectivity index (χ0v) is 6.85. The lowest BCUT2D eigenvalue weighted by Crippen LogP contribution is -1.40. The molecule has 0 aliphatic heterocycles. The molecule has 0 radical (unpaired) electrons. The minimum atomic E-state index is -2.29. The van der Waals surface area contributed by atoms with Crippen LogP contribution in [0.2, 0.25) is 0 Å². The van der Waals surface area contributed by atoms with Crippen molar-refractivity contribution >= 4 is 46.5 Å². The van der Waals surface area contributed by atoms with E-state index < -0.39 is 4.25 Å². The summed E-state index contributed by atoms with van der Waals surface area (Å²) >= 11 is 10.5. The van der Waals surface area contributed by atoms with Crippen LogP contribution >= 0.6 is 46.5 Å². The maximum Gasteiger partial charge on any atom is 0.373 e. The Labute approximate surface area is 51.4 Å². The minimum absolute atomic E-state index is 2.29. The van der Waals surface area contributed by atoms with Crippen LogP contribution in [0.5, 0.6) is 0 Å². The Kier molecular flexibility index (Phi) is 2.76. The second-order valence-corrected chi connectivity index (χ2v) is 14.2. The molecule has 32 valence electrons. The molecular formula is HBr2ClOP+. The first-order chi connectivity index (χ1) is 2.00. The van der Waals surface area contributed by atoms with Crippen molar-refractivity contribution < 1.29 is 4.89 Å². The van der Waals surface area contributed by atoms with E-state index in [2.05, 4.69) is 31.0 Å². The summed E-state index contributed by atoms with van der Waals surface area (Å²) in [6, 6.07) is 0. The van der Waals surface area contributed by atoms with Crippen molar-refractivity contribution in [2.45, 2.75) is 0 Å². The lowest BCUT2D eigenvalue weighted by molar-refractivity contribution is 0.653. The van der Waals surface area contributed by atoms with E-state index in [0.717, 1.165) is 0 Å². The molecule has 0 rings (SSSR count). The summed E-state index contributed by atoms with van der Waals surface area (Å²) in [5.74, 6) is 0. The Balaban J connectivity index is 3.02. The second kappa shape index (κ2) is 2.08. The number of halogens is 3. The van der Waals surface area contributed by atoms with Crippen molar-refractivity contribution in [1.82, 2.24) is 0 Å². The standard InChI is InChI=1S/Br2ClHOP/c1-5(2,3)4/h4H/q+1. The summed E-state index contributed by atoms with van der Waals surface area (Å²) in [5.41, 5.74) is 0. The molecule has 5 heavy (non-hydrogen) atoms. The molecule has 0 saturated carbocycles. The summed E-state index contributed by atoms with van der Waals surface area (Å²) in [7, 11) is 0. The summed E-state index contributed by atoms with van der Waals surface area (Å²) in [6.45, 7) is 0. The Hall–Kier alpha value is 1.64. The fourth-order valence-corrected chi connectivity index (χ4v) is 0. The topological polar surface area (TPSA) is 20.2 Å². The van der Waals surface area contributed by atoms with Crippen molar-refractivity contribution in [3.63, 3.8) is 0 Å². The highest BCUT2D eigenvalue weighted by Crippen LogP contribution is 2.74. The first-order valence-corrected chi connectivity index (χ1v) is 7.39. The summed E-state index contributed by atoms with van der Waals surface area (Å²) in [4.78, 5) is 8.23. The Bertz CT molecular complexity index is 25.1. The molecule has 0 unspecified atom stereocenters. The molecule has 0 aromatic rings. The molecule has 0 aliphatic rings. The molecule has 0 bridgehead atoms. The van der Waals surface area contributed by atoms with Crippen LogP contribution in [-0.4, -0.2) is 4.89 Å². The van der Waals surface area contributed by atoms with E-state index in [1.54, 1.807) is 0 Å². The SMILES string of the molecule is O[P+](Cl)(Br)Br. The number of hydrogen-bond acceptors (Lipinski definition) is 1. The van der Waals surface area contributed by atoms with Crippen LogP contribution in [0.1, 0.15) is 0 Å². The van der Waals surface area contributed by atoms with Gasteiger partial charge in [0.25, 0.3) is 0 Å². The molecule has 0 aliphatic carbocycles. The van der Waals surface area contributed by atoms with Crippen LogP contribution in [0, 0.1) is 0 Å². The van der Waals surface area contributed by atoms with Crippen LogP contribution in [-0.2, 0) is 0 Å². The van der Waals surface area contributed by atoms with Gasteiger partial charge in [0.2, 0.25) is 31.0 Å². The van der Waals surface area contributed by atoms with Crippen LogP contribution < -0.4 is 0 Å². The average Bonchev–Trinajstić information content (AvgIpc) is 0.722. The van der Waals surface area contributed by atoms with Gasteiger partial charge in [-0.3, -0.25) is 0 Å². The Morgan fingerprint density at radius 1 is 1.60 bits per heavy atom. The van der Waals surface area contributed by atoms with E-state index in [1.165, 1.54) is 0 Å². The van der Waals surface area contributed by atoms with Gasteiger partial charge in [0.15, 0.2) is 0 Å².